The van der Waals surface area contributed by atoms with E-state index in [1.165, 1.54) is 0 Å². The highest BCUT2D eigenvalue weighted by Crippen LogP contribution is 2.25. The van der Waals surface area contributed by atoms with Crippen LogP contribution in [0.1, 0.15) is 19.4 Å². The fraction of sp³-hybridized carbons (Fsp3) is 0.429. The molecule has 1 amide bonds. The van der Waals surface area contributed by atoms with Crippen LogP contribution in [-0.2, 0) is 4.79 Å². The molecule has 0 spiro atoms. The summed E-state index contributed by atoms with van der Waals surface area (Å²) in [4.78, 5) is 13.5. The summed E-state index contributed by atoms with van der Waals surface area (Å²) >= 11 is 6.09. The number of rotatable bonds is 5. The summed E-state index contributed by atoms with van der Waals surface area (Å²) in [6, 6.07) is 7.05. The Morgan fingerprint density at radius 1 is 1.53 bits per heavy atom. The maximum Gasteiger partial charge on any atom is 0.239 e. The lowest BCUT2D eigenvalue weighted by atomic mass is 10.2. The molecular formula is C14H18ClN3O. The van der Waals surface area contributed by atoms with Gasteiger partial charge in [0.1, 0.15) is 0 Å². The summed E-state index contributed by atoms with van der Waals surface area (Å²) < 4.78 is 0. The SMILES string of the molecule is CC(C)CNC(=O)CN(C)c1ccc(C#N)cc1Cl. The number of carbonyl (C=O) groups is 1. The van der Waals surface area contributed by atoms with Crippen LogP contribution in [0.15, 0.2) is 18.2 Å². The van der Waals surface area contributed by atoms with Crippen molar-refractivity contribution < 1.29 is 4.79 Å². The van der Waals surface area contributed by atoms with Gasteiger partial charge in [-0.15, -0.1) is 0 Å². The average molecular weight is 280 g/mol. The Labute approximate surface area is 119 Å². The fourth-order valence-electron chi connectivity index (χ4n) is 1.56. The minimum absolute atomic E-state index is 0.0448. The first-order valence-electron chi connectivity index (χ1n) is 6.11. The molecule has 0 aliphatic heterocycles. The van der Waals surface area contributed by atoms with Crippen LogP contribution in [0.3, 0.4) is 0 Å². The van der Waals surface area contributed by atoms with Gasteiger partial charge in [0.05, 0.1) is 28.9 Å². The van der Waals surface area contributed by atoms with Crippen LogP contribution in [0.5, 0.6) is 0 Å². The quantitative estimate of drug-likeness (QED) is 0.900. The van der Waals surface area contributed by atoms with Crippen LogP contribution in [-0.4, -0.2) is 26.0 Å². The maximum absolute atomic E-state index is 11.7. The lowest BCUT2D eigenvalue weighted by molar-refractivity contribution is -0.119. The van der Waals surface area contributed by atoms with Crippen molar-refractivity contribution in [2.24, 2.45) is 5.92 Å². The zero-order valence-corrected chi connectivity index (χ0v) is 12.2. The Kier molecular flexibility index (Phi) is 5.65. The van der Waals surface area contributed by atoms with Gasteiger partial charge in [-0.1, -0.05) is 25.4 Å². The van der Waals surface area contributed by atoms with Crippen LogP contribution in [0.4, 0.5) is 5.69 Å². The molecule has 1 rings (SSSR count). The van der Waals surface area contributed by atoms with Gasteiger partial charge in [0, 0.05) is 13.6 Å². The topological polar surface area (TPSA) is 56.1 Å². The summed E-state index contributed by atoms with van der Waals surface area (Å²) in [5, 5.41) is 12.1. The van der Waals surface area contributed by atoms with Crippen molar-refractivity contribution >= 4 is 23.2 Å². The van der Waals surface area contributed by atoms with E-state index in [4.69, 9.17) is 16.9 Å². The molecule has 0 bridgehead atoms. The first-order chi connectivity index (χ1) is 8.93. The second-order valence-electron chi connectivity index (χ2n) is 4.83. The number of carbonyl (C=O) groups excluding carboxylic acids is 1. The number of nitriles is 1. The summed E-state index contributed by atoms with van der Waals surface area (Å²) in [7, 11) is 1.79. The van der Waals surface area contributed by atoms with Crippen LogP contribution < -0.4 is 10.2 Å². The van der Waals surface area contributed by atoms with Crippen molar-refractivity contribution in [3.63, 3.8) is 0 Å². The number of nitrogens with one attached hydrogen (secondary N) is 1. The molecule has 0 aliphatic rings. The van der Waals surface area contributed by atoms with Gasteiger partial charge in [-0.25, -0.2) is 0 Å². The molecule has 0 radical (unpaired) electrons. The predicted molar refractivity (Wildman–Crippen MR) is 77.3 cm³/mol. The molecule has 1 aromatic carbocycles. The van der Waals surface area contributed by atoms with Crippen molar-refractivity contribution in [1.82, 2.24) is 5.32 Å². The monoisotopic (exact) mass is 279 g/mol. The van der Waals surface area contributed by atoms with Crippen LogP contribution in [0.25, 0.3) is 0 Å². The van der Waals surface area contributed by atoms with Gasteiger partial charge in [0.2, 0.25) is 5.91 Å². The molecule has 5 heteroatoms. The van der Waals surface area contributed by atoms with Gasteiger partial charge >= 0.3 is 0 Å². The van der Waals surface area contributed by atoms with Gasteiger partial charge in [0.15, 0.2) is 0 Å². The number of hydrogen-bond donors (Lipinski definition) is 1. The lowest BCUT2D eigenvalue weighted by Gasteiger charge is -2.20. The third kappa shape index (κ3) is 4.80. The minimum Gasteiger partial charge on any atom is -0.364 e. The highest BCUT2D eigenvalue weighted by molar-refractivity contribution is 6.33. The first kappa shape index (κ1) is 15.3. The zero-order valence-electron chi connectivity index (χ0n) is 11.4. The second kappa shape index (κ2) is 7.01. The number of hydrogen-bond acceptors (Lipinski definition) is 3. The summed E-state index contributed by atoms with van der Waals surface area (Å²) in [5.41, 5.74) is 1.24. The van der Waals surface area contributed by atoms with Crippen LogP contribution in [0, 0.1) is 17.2 Å². The van der Waals surface area contributed by atoms with Crippen molar-refractivity contribution in [2.75, 3.05) is 25.0 Å². The number of benzene rings is 1. The molecule has 0 atom stereocenters. The van der Waals surface area contributed by atoms with Gasteiger partial charge in [-0.2, -0.15) is 5.26 Å². The summed E-state index contributed by atoms with van der Waals surface area (Å²) in [5.74, 6) is 0.379. The fourth-order valence-corrected chi connectivity index (χ4v) is 1.89. The molecular weight excluding hydrogens is 262 g/mol. The number of nitrogens with zero attached hydrogens (tertiary/aromatic N) is 2. The lowest BCUT2D eigenvalue weighted by Crippen LogP contribution is -2.36. The van der Waals surface area contributed by atoms with E-state index < -0.39 is 0 Å². The molecule has 0 heterocycles. The molecule has 0 aromatic heterocycles. The molecule has 4 nitrogen and oxygen atoms in total. The van der Waals surface area contributed by atoms with Gasteiger partial charge in [-0.05, 0) is 24.1 Å². The van der Waals surface area contributed by atoms with E-state index in [-0.39, 0.29) is 12.5 Å². The van der Waals surface area contributed by atoms with E-state index in [2.05, 4.69) is 5.32 Å². The highest BCUT2D eigenvalue weighted by Gasteiger charge is 2.11. The number of amides is 1. The number of likely N-dealkylation sites (N-methyl/N-ethyl adjacent to an activating group) is 1. The van der Waals surface area contributed by atoms with Crippen molar-refractivity contribution in [3.05, 3.63) is 28.8 Å². The molecule has 0 saturated carbocycles. The largest absolute Gasteiger partial charge is 0.364 e. The molecule has 1 aromatic rings. The van der Waals surface area contributed by atoms with Crippen molar-refractivity contribution in [1.29, 1.82) is 5.26 Å². The number of anilines is 1. The Morgan fingerprint density at radius 3 is 2.74 bits per heavy atom. The Morgan fingerprint density at radius 2 is 2.21 bits per heavy atom. The van der Waals surface area contributed by atoms with Crippen molar-refractivity contribution in [3.8, 4) is 6.07 Å². The van der Waals surface area contributed by atoms with E-state index in [0.29, 0.717) is 23.0 Å². The van der Waals surface area contributed by atoms with Crippen LogP contribution >= 0.6 is 11.6 Å². The smallest absolute Gasteiger partial charge is 0.239 e. The van der Waals surface area contributed by atoms with E-state index in [1.807, 2.05) is 19.9 Å². The molecule has 0 fully saturated rings. The minimum atomic E-state index is -0.0448. The number of halogens is 1. The molecule has 1 N–H and O–H groups in total. The van der Waals surface area contributed by atoms with Crippen molar-refractivity contribution in [2.45, 2.75) is 13.8 Å². The van der Waals surface area contributed by atoms with E-state index in [9.17, 15) is 4.79 Å². The summed E-state index contributed by atoms with van der Waals surface area (Å²) in [6.45, 7) is 4.98. The van der Waals surface area contributed by atoms with Gasteiger partial charge in [-0.3, -0.25) is 4.79 Å². The molecule has 19 heavy (non-hydrogen) atoms. The Bertz CT molecular complexity index is 494. The standard InChI is InChI=1S/C14H18ClN3O/c1-10(2)8-17-14(19)9-18(3)13-5-4-11(7-16)6-12(13)15/h4-6,10H,8-9H2,1-3H3,(H,17,19). The molecule has 0 unspecified atom stereocenters. The third-order valence-electron chi connectivity index (χ3n) is 2.58. The first-order valence-corrected chi connectivity index (χ1v) is 6.49. The Hall–Kier alpha value is -1.73. The van der Waals surface area contributed by atoms with E-state index in [1.54, 1.807) is 30.1 Å². The van der Waals surface area contributed by atoms with Crippen LogP contribution in [0.2, 0.25) is 5.02 Å². The maximum atomic E-state index is 11.7. The van der Waals surface area contributed by atoms with Gasteiger partial charge in [0.25, 0.3) is 0 Å². The van der Waals surface area contributed by atoms with E-state index in [0.717, 1.165) is 5.69 Å². The zero-order chi connectivity index (χ0) is 14.4. The molecule has 0 aliphatic carbocycles. The normalized spacial score (nSPS) is 10.1. The summed E-state index contributed by atoms with van der Waals surface area (Å²) in [6.07, 6.45) is 0. The molecule has 102 valence electrons. The Balaban J connectivity index is 2.66. The van der Waals surface area contributed by atoms with E-state index >= 15 is 0 Å². The molecule has 0 saturated heterocycles. The van der Waals surface area contributed by atoms with Gasteiger partial charge < -0.3 is 10.2 Å². The average Bonchev–Trinajstić information content (AvgIpc) is 2.35. The third-order valence-corrected chi connectivity index (χ3v) is 2.88. The second-order valence-corrected chi connectivity index (χ2v) is 5.24. The highest BCUT2D eigenvalue weighted by atomic mass is 35.5. The predicted octanol–water partition coefficient (Wildman–Crippen LogP) is 2.42.